The molecule has 0 saturated carbocycles. The lowest BCUT2D eigenvalue weighted by atomic mass is 9.73. The van der Waals surface area contributed by atoms with E-state index < -0.39 is 5.41 Å². The normalized spacial score (nSPS) is 16.4. The van der Waals surface area contributed by atoms with E-state index in [1.165, 1.54) is 0 Å². The molecule has 1 saturated heterocycles. The van der Waals surface area contributed by atoms with Crippen molar-refractivity contribution in [1.82, 2.24) is 4.98 Å². The van der Waals surface area contributed by atoms with Crippen molar-refractivity contribution in [3.63, 3.8) is 0 Å². The van der Waals surface area contributed by atoms with Crippen molar-refractivity contribution in [2.45, 2.75) is 25.2 Å². The number of amides is 1. The summed E-state index contributed by atoms with van der Waals surface area (Å²) in [6, 6.07) is 11.5. The van der Waals surface area contributed by atoms with E-state index in [4.69, 9.17) is 9.47 Å². The molecule has 2 aromatic rings. The van der Waals surface area contributed by atoms with E-state index in [1.54, 1.807) is 13.3 Å². The average molecular weight is 326 g/mol. The monoisotopic (exact) mass is 326 g/mol. The molecule has 24 heavy (non-hydrogen) atoms. The molecule has 0 bridgehead atoms. The minimum atomic E-state index is -0.601. The Balaban J connectivity index is 1.91. The van der Waals surface area contributed by atoms with Crippen molar-refractivity contribution < 1.29 is 14.3 Å². The molecule has 1 aromatic heterocycles. The zero-order chi connectivity index (χ0) is 17.0. The van der Waals surface area contributed by atoms with Gasteiger partial charge in [0.1, 0.15) is 11.6 Å². The van der Waals surface area contributed by atoms with Gasteiger partial charge in [0.25, 0.3) is 0 Å². The zero-order valence-electron chi connectivity index (χ0n) is 14.0. The Morgan fingerprint density at radius 3 is 2.54 bits per heavy atom. The van der Waals surface area contributed by atoms with Gasteiger partial charge in [-0.1, -0.05) is 12.1 Å². The van der Waals surface area contributed by atoms with Crippen molar-refractivity contribution >= 4 is 11.7 Å². The maximum Gasteiger partial charge on any atom is 0.236 e. The van der Waals surface area contributed by atoms with Crippen LogP contribution in [0.25, 0.3) is 0 Å². The minimum absolute atomic E-state index is 0.0333. The third kappa shape index (κ3) is 3.26. The lowest BCUT2D eigenvalue weighted by Crippen LogP contribution is -2.45. The number of aryl methyl sites for hydroxylation is 1. The van der Waals surface area contributed by atoms with Crippen LogP contribution in [-0.2, 0) is 14.9 Å². The number of benzene rings is 1. The van der Waals surface area contributed by atoms with Crippen LogP contribution in [0.15, 0.2) is 42.6 Å². The molecule has 1 fully saturated rings. The number of nitrogens with one attached hydrogen (secondary N) is 1. The fourth-order valence-electron chi connectivity index (χ4n) is 3.12. The van der Waals surface area contributed by atoms with Gasteiger partial charge in [0, 0.05) is 19.4 Å². The van der Waals surface area contributed by atoms with Gasteiger partial charge >= 0.3 is 0 Å². The van der Waals surface area contributed by atoms with Crippen molar-refractivity contribution in [2.75, 3.05) is 25.6 Å². The van der Waals surface area contributed by atoms with Crippen LogP contribution in [0, 0.1) is 6.92 Å². The molecule has 5 nitrogen and oxygen atoms in total. The van der Waals surface area contributed by atoms with Crippen LogP contribution in [0.1, 0.15) is 24.0 Å². The van der Waals surface area contributed by atoms with Crippen molar-refractivity contribution in [2.24, 2.45) is 0 Å². The van der Waals surface area contributed by atoms with E-state index in [0.29, 0.717) is 31.9 Å². The first-order chi connectivity index (χ1) is 11.6. The topological polar surface area (TPSA) is 60.5 Å². The highest BCUT2D eigenvalue weighted by molar-refractivity contribution is 5.98. The molecule has 0 aliphatic carbocycles. The van der Waals surface area contributed by atoms with Gasteiger partial charge in [-0.3, -0.25) is 4.79 Å². The van der Waals surface area contributed by atoms with E-state index in [1.807, 2.05) is 43.3 Å². The molecule has 3 rings (SSSR count). The summed E-state index contributed by atoms with van der Waals surface area (Å²) < 4.78 is 10.7. The van der Waals surface area contributed by atoms with E-state index in [-0.39, 0.29) is 5.91 Å². The van der Waals surface area contributed by atoms with Crippen LogP contribution in [0.5, 0.6) is 5.75 Å². The third-order valence-electron chi connectivity index (χ3n) is 4.58. The summed E-state index contributed by atoms with van der Waals surface area (Å²) in [7, 11) is 1.63. The van der Waals surface area contributed by atoms with Crippen molar-refractivity contribution in [3.8, 4) is 5.75 Å². The number of carbonyl (C=O) groups is 1. The SMILES string of the molecule is COc1ccc(C2(C(=O)Nc3cc(C)ccn3)CCOCC2)cc1. The van der Waals surface area contributed by atoms with Crippen LogP contribution in [0.2, 0.25) is 0 Å². The first kappa shape index (κ1) is 16.5. The Kier molecular flexibility index (Phi) is 4.81. The van der Waals surface area contributed by atoms with E-state index >= 15 is 0 Å². The van der Waals surface area contributed by atoms with Gasteiger partial charge in [0.2, 0.25) is 5.91 Å². The predicted molar refractivity (Wildman–Crippen MR) is 92.3 cm³/mol. The highest BCUT2D eigenvalue weighted by Gasteiger charge is 2.41. The molecule has 1 aliphatic rings. The molecule has 0 spiro atoms. The number of carbonyl (C=O) groups excluding carboxylic acids is 1. The predicted octanol–water partition coefficient (Wildman–Crippen LogP) is 3.09. The number of hydrogen-bond acceptors (Lipinski definition) is 4. The fraction of sp³-hybridized carbons (Fsp3) is 0.368. The Morgan fingerprint density at radius 1 is 1.21 bits per heavy atom. The Morgan fingerprint density at radius 2 is 1.92 bits per heavy atom. The third-order valence-corrected chi connectivity index (χ3v) is 4.58. The first-order valence-corrected chi connectivity index (χ1v) is 8.10. The highest BCUT2D eigenvalue weighted by atomic mass is 16.5. The molecular weight excluding hydrogens is 304 g/mol. The standard InChI is InChI=1S/C19H22N2O3/c1-14-7-10-20-17(13-14)21-18(22)19(8-11-24-12-9-19)15-3-5-16(23-2)6-4-15/h3-7,10,13H,8-9,11-12H2,1-2H3,(H,20,21,22). The van der Waals surface area contributed by atoms with Crippen LogP contribution < -0.4 is 10.1 Å². The number of aromatic nitrogens is 1. The summed E-state index contributed by atoms with van der Waals surface area (Å²) in [5.41, 5.74) is 1.44. The number of nitrogens with zero attached hydrogens (tertiary/aromatic N) is 1. The Hall–Kier alpha value is -2.40. The summed E-state index contributed by atoms with van der Waals surface area (Å²) in [5.74, 6) is 1.33. The molecule has 2 heterocycles. The van der Waals surface area contributed by atoms with Gasteiger partial charge in [-0.25, -0.2) is 4.98 Å². The lowest BCUT2D eigenvalue weighted by Gasteiger charge is -2.36. The Labute approximate surface area is 142 Å². The Bertz CT molecular complexity index is 707. The molecule has 0 unspecified atom stereocenters. The molecule has 1 aromatic carbocycles. The van der Waals surface area contributed by atoms with Crippen LogP contribution >= 0.6 is 0 Å². The van der Waals surface area contributed by atoms with Crippen molar-refractivity contribution in [1.29, 1.82) is 0 Å². The number of pyridine rings is 1. The molecule has 5 heteroatoms. The van der Waals surface area contributed by atoms with Gasteiger partial charge in [0.15, 0.2) is 0 Å². The summed E-state index contributed by atoms with van der Waals surface area (Å²) in [4.78, 5) is 17.4. The number of methoxy groups -OCH3 is 1. The van der Waals surface area contributed by atoms with Gasteiger partial charge in [-0.15, -0.1) is 0 Å². The number of hydrogen-bond donors (Lipinski definition) is 1. The first-order valence-electron chi connectivity index (χ1n) is 8.10. The number of rotatable bonds is 4. The summed E-state index contributed by atoms with van der Waals surface area (Å²) in [5, 5.41) is 2.98. The van der Waals surface area contributed by atoms with Gasteiger partial charge in [-0.2, -0.15) is 0 Å². The van der Waals surface area contributed by atoms with Crippen LogP contribution in [-0.4, -0.2) is 31.2 Å². The van der Waals surface area contributed by atoms with Gasteiger partial charge in [-0.05, 0) is 55.2 Å². The maximum absolute atomic E-state index is 13.1. The average Bonchev–Trinajstić information content (AvgIpc) is 2.62. The van der Waals surface area contributed by atoms with E-state index in [0.717, 1.165) is 16.9 Å². The molecule has 0 radical (unpaired) electrons. The number of ether oxygens (including phenoxy) is 2. The van der Waals surface area contributed by atoms with Gasteiger partial charge in [0.05, 0.1) is 12.5 Å². The van der Waals surface area contributed by atoms with Crippen LogP contribution in [0.3, 0.4) is 0 Å². The van der Waals surface area contributed by atoms with Crippen molar-refractivity contribution in [3.05, 3.63) is 53.7 Å². The molecule has 126 valence electrons. The van der Waals surface area contributed by atoms with Crippen LogP contribution in [0.4, 0.5) is 5.82 Å². The molecule has 1 aliphatic heterocycles. The second kappa shape index (κ2) is 7.01. The maximum atomic E-state index is 13.1. The fourth-order valence-corrected chi connectivity index (χ4v) is 3.12. The quantitative estimate of drug-likeness (QED) is 0.938. The molecule has 1 N–H and O–H groups in total. The summed E-state index contributed by atoms with van der Waals surface area (Å²) in [6.07, 6.45) is 3.00. The largest absolute Gasteiger partial charge is 0.497 e. The summed E-state index contributed by atoms with van der Waals surface area (Å²) in [6.45, 7) is 3.12. The lowest BCUT2D eigenvalue weighted by molar-refractivity contribution is -0.125. The highest BCUT2D eigenvalue weighted by Crippen LogP contribution is 2.36. The van der Waals surface area contributed by atoms with E-state index in [2.05, 4.69) is 10.3 Å². The van der Waals surface area contributed by atoms with E-state index in [9.17, 15) is 4.79 Å². The smallest absolute Gasteiger partial charge is 0.236 e. The molecule has 1 amide bonds. The molecular formula is C19H22N2O3. The second-order valence-corrected chi connectivity index (χ2v) is 6.10. The minimum Gasteiger partial charge on any atom is -0.497 e. The zero-order valence-corrected chi connectivity index (χ0v) is 14.0. The van der Waals surface area contributed by atoms with Gasteiger partial charge < -0.3 is 14.8 Å². The molecule has 0 atom stereocenters. The number of anilines is 1. The second-order valence-electron chi connectivity index (χ2n) is 6.10. The summed E-state index contributed by atoms with van der Waals surface area (Å²) >= 11 is 0.